The highest BCUT2D eigenvalue weighted by molar-refractivity contribution is 7.91. The largest absolute Gasteiger partial charge is 0.382 e. The predicted octanol–water partition coefficient (Wildman–Crippen LogP) is 3.12. The van der Waals surface area contributed by atoms with Crippen molar-refractivity contribution < 1.29 is 22.1 Å². The minimum absolute atomic E-state index is 0.0483. The number of nitrogens with one attached hydrogen (secondary N) is 2. The van der Waals surface area contributed by atoms with Crippen LogP contribution in [-0.2, 0) is 9.84 Å². The minimum atomic E-state index is -4.72. The summed E-state index contributed by atoms with van der Waals surface area (Å²) in [6.07, 6.45) is 0. The van der Waals surface area contributed by atoms with E-state index in [4.69, 9.17) is 0 Å². The Morgan fingerprint density at radius 1 is 0.960 bits per heavy atom. The fraction of sp³-hybridized carbons (Fsp3) is 0.200. The summed E-state index contributed by atoms with van der Waals surface area (Å²) in [4.78, 5) is 9.89. The van der Waals surface area contributed by atoms with Gasteiger partial charge in [0.2, 0.25) is 9.84 Å². The lowest BCUT2D eigenvalue weighted by atomic mass is 10.2. The van der Waals surface area contributed by atoms with Crippen molar-refractivity contribution in [2.24, 2.45) is 0 Å². The average Bonchev–Trinajstić information content (AvgIpc) is 2.59. The Kier molecular flexibility index (Phi) is 5.86. The number of nitrogens with zero attached hydrogens (tertiary/aromatic N) is 1. The standard InChI is InChI=1S/C15H15F2N3O4S/c16-15(17)25(23,24)14-8-4-2-6-12(14)19-10-9-18-11-5-1-3-7-13(11)20(21)22/h1-8,15,18-19H,9-10H2. The van der Waals surface area contributed by atoms with E-state index in [9.17, 15) is 27.3 Å². The van der Waals surface area contributed by atoms with Crippen molar-refractivity contribution in [1.29, 1.82) is 0 Å². The molecule has 0 aliphatic heterocycles. The maximum absolute atomic E-state index is 12.7. The van der Waals surface area contributed by atoms with Gasteiger partial charge in [-0.05, 0) is 18.2 Å². The molecule has 2 N–H and O–H groups in total. The molecule has 134 valence electrons. The summed E-state index contributed by atoms with van der Waals surface area (Å²) < 4.78 is 48.7. The first-order valence-electron chi connectivity index (χ1n) is 7.16. The Hall–Kier alpha value is -2.75. The predicted molar refractivity (Wildman–Crippen MR) is 89.7 cm³/mol. The summed E-state index contributed by atoms with van der Waals surface area (Å²) >= 11 is 0. The van der Waals surface area contributed by atoms with Gasteiger partial charge in [0.15, 0.2) is 0 Å². The lowest BCUT2D eigenvalue weighted by Crippen LogP contribution is -2.18. The highest BCUT2D eigenvalue weighted by Gasteiger charge is 2.28. The van der Waals surface area contributed by atoms with Crippen LogP contribution in [0.4, 0.5) is 25.8 Å². The van der Waals surface area contributed by atoms with E-state index in [0.29, 0.717) is 5.69 Å². The number of nitro benzene ring substituents is 1. The summed E-state index contributed by atoms with van der Waals surface area (Å²) in [5, 5.41) is 16.5. The molecule has 2 rings (SSSR count). The highest BCUT2D eigenvalue weighted by atomic mass is 32.2. The summed E-state index contributed by atoms with van der Waals surface area (Å²) in [5.41, 5.74) is 0.262. The number of hydrogen-bond acceptors (Lipinski definition) is 6. The van der Waals surface area contributed by atoms with Crippen LogP contribution in [0.5, 0.6) is 0 Å². The minimum Gasteiger partial charge on any atom is -0.382 e. The van der Waals surface area contributed by atoms with E-state index in [1.54, 1.807) is 6.07 Å². The zero-order valence-electron chi connectivity index (χ0n) is 12.9. The Morgan fingerprint density at radius 3 is 2.08 bits per heavy atom. The molecule has 0 amide bonds. The summed E-state index contributed by atoms with van der Waals surface area (Å²) in [6, 6.07) is 11.4. The van der Waals surface area contributed by atoms with Crippen LogP contribution in [0, 0.1) is 10.1 Å². The molecule has 0 aliphatic rings. The van der Waals surface area contributed by atoms with Crippen molar-refractivity contribution in [2.45, 2.75) is 10.7 Å². The number of sulfone groups is 1. The van der Waals surface area contributed by atoms with Gasteiger partial charge in [0.05, 0.1) is 15.5 Å². The van der Waals surface area contributed by atoms with Crippen molar-refractivity contribution in [1.82, 2.24) is 0 Å². The first-order valence-corrected chi connectivity index (χ1v) is 8.71. The van der Waals surface area contributed by atoms with Gasteiger partial charge in [-0.2, -0.15) is 8.78 Å². The van der Waals surface area contributed by atoms with Gasteiger partial charge in [-0.1, -0.05) is 24.3 Å². The molecule has 2 aromatic carbocycles. The van der Waals surface area contributed by atoms with Gasteiger partial charge >= 0.3 is 5.76 Å². The van der Waals surface area contributed by atoms with Gasteiger partial charge in [-0.15, -0.1) is 0 Å². The smallest absolute Gasteiger partial charge is 0.341 e. The molecule has 0 atom stereocenters. The second-order valence-electron chi connectivity index (χ2n) is 4.93. The van der Waals surface area contributed by atoms with Crippen LogP contribution in [0.3, 0.4) is 0 Å². The molecular formula is C15H15F2N3O4S. The third-order valence-electron chi connectivity index (χ3n) is 3.28. The average molecular weight is 371 g/mol. The molecule has 0 bridgehead atoms. The highest BCUT2D eigenvalue weighted by Crippen LogP contribution is 2.26. The van der Waals surface area contributed by atoms with E-state index in [1.165, 1.54) is 36.4 Å². The Labute approximate surface area is 142 Å². The van der Waals surface area contributed by atoms with E-state index in [2.05, 4.69) is 10.6 Å². The monoisotopic (exact) mass is 371 g/mol. The number of nitro groups is 1. The van der Waals surface area contributed by atoms with Gasteiger partial charge in [0.25, 0.3) is 5.69 Å². The molecule has 0 radical (unpaired) electrons. The summed E-state index contributed by atoms with van der Waals surface area (Å²) in [7, 11) is -4.72. The molecule has 0 unspecified atom stereocenters. The van der Waals surface area contributed by atoms with E-state index < -0.39 is 25.4 Å². The quantitative estimate of drug-likeness (QED) is 0.420. The molecule has 0 saturated heterocycles. The lowest BCUT2D eigenvalue weighted by molar-refractivity contribution is -0.384. The molecule has 0 saturated carbocycles. The molecule has 10 heteroatoms. The van der Waals surface area contributed by atoms with E-state index >= 15 is 0 Å². The normalized spacial score (nSPS) is 11.3. The number of rotatable bonds is 8. The van der Waals surface area contributed by atoms with E-state index in [-0.39, 0.29) is 24.5 Å². The zero-order valence-corrected chi connectivity index (χ0v) is 13.7. The van der Waals surface area contributed by atoms with Crippen LogP contribution >= 0.6 is 0 Å². The van der Waals surface area contributed by atoms with Crippen LogP contribution in [0.1, 0.15) is 0 Å². The number of hydrogen-bond donors (Lipinski definition) is 2. The molecule has 25 heavy (non-hydrogen) atoms. The molecule has 2 aromatic rings. The maximum atomic E-state index is 12.7. The zero-order chi connectivity index (χ0) is 18.4. The van der Waals surface area contributed by atoms with Crippen molar-refractivity contribution in [3.63, 3.8) is 0 Å². The van der Waals surface area contributed by atoms with Gasteiger partial charge < -0.3 is 10.6 Å². The maximum Gasteiger partial charge on any atom is 0.341 e. The first-order chi connectivity index (χ1) is 11.8. The van der Waals surface area contributed by atoms with Crippen molar-refractivity contribution >= 4 is 26.9 Å². The van der Waals surface area contributed by atoms with Crippen LogP contribution in [0.15, 0.2) is 53.4 Å². The first kappa shape index (κ1) is 18.6. The Morgan fingerprint density at radius 2 is 1.48 bits per heavy atom. The topological polar surface area (TPSA) is 101 Å². The second kappa shape index (κ2) is 7.88. The van der Waals surface area contributed by atoms with Crippen LogP contribution < -0.4 is 10.6 Å². The molecule has 0 aliphatic carbocycles. The van der Waals surface area contributed by atoms with E-state index in [0.717, 1.165) is 6.07 Å². The summed E-state index contributed by atoms with van der Waals surface area (Å²) in [5.74, 6) is -3.51. The Bertz CT molecular complexity index is 859. The number of halogens is 2. The number of para-hydroxylation sites is 3. The fourth-order valence-electron chi connectivity index (χ4n) is 2.13. The molecular weight excluding hydrogens is 356 g/mol. The molecule has 0 heterocycles. The van der Waals surface area contributed by atoms with Crippen LogP contribution in [0.2, 0.25) is 0 Å². The molecule has 0 aromatic heterocycles. The van der Waals surface area contributed by atoms with Gasteiger partial charge in [0.1, 0.15) is 5.69 Å². The molecule has 7 nitrogen and oxygen atoms in total. The third kappa shape index (κ3) is 4.41. The molecule has 0 spiro atoms. The SMILES string of the molecule is O=[N+]([O-])c1ccccc1NCCNc1ccccc1S(=O)(=O)C(F)F. The van der Waals surface area contributed by atoms with Gasteiger partial charge in [-0.3, -0.25) is 10.1 Å². The number of anilines is 2. The molecule has 0 fully saturated rings. The van der Waals surface area contributed by atoms with Crippen LogP contribution in [0.25, 0.3) is 0 Å². The van der Waals surface area contributed by atoms with Crippen molar-refractivity contribution in [3.8, 4) is 0 Å². The fourth-order valence-corrected chi connectivity index (χ4v) is 3.04. The van der Waals surface area contributed by atoms with Gasteiger partial charge in [0, 0.05) is 19.2 Å². The summed E-state index contributed by atoms with van der Waals surface area (Å²) in [6.45, 7) is 0.385. The second-order valence-corrected chi connectivity index (χ2v) is 6.82. The van der Waals surface area contributed by atoms with E-state index in [1.807, 2.05) is 0 Å². The Balaban J connectivity index is 2.04. The number of benzene rings is 2. The van der Waals surface area contributed by atoms with Crippen LogP contribution in [-0.4, -0.2) is 32.2 Å². The lowest BCUT2D eigenvalue weighted by Gasteiger charge is -2.13. The third-order valence-corrected chi connectivity index (χ3v) is 4.72. The number of alkyl halides is 2. The van der Waals surface area contributed by atoms with Gasteiger partial charge in [-0.25, -0.2) is 8.42 Å². The van der Waals surface area contributed by atoms with Crippen molar-refractivity contribution in [3.05, 3.63) is 58.6 Å². The van der Waals surface area contributed by atoms with Crippen molar-refractivity contribution in [2.75, 3.05) is 23.7 Å².